The normalized spacial score (nSPS) is 9.29. The van der Waals surface area contributed by atoms with E-state index < -0.39 is 0 Å². The van der Waals surface area contributed by atoms with Gasteiger partial charge in [0, 0.05) is 5.75 Å². The molecule has 0 fully saturated rings. The van der Waals surface area contributed by atoms with Gasteiger partial charge in [-0.05, 0) is 29.7 Å². The molecule has 0 unspecified atom stereocenters. The van der Waals surface area contributed by atoms with Crippen LogP contribution < -0.4 is 0 Å². The fraction of sp³-hybridized carbons (Fsp3) is 0.385. The van der Waals surface area contributed by atoms with Crippen molar-refractivity contribution in [3.8, 4) is 11.2 Å². The highest BCUT2D eigenvalue weighted by molar-refractivity contribution is 8.03. The minimum atomic E-state index is 0.993. The lowest BCUT2D eigenvalue weighted by atomic mass is 10.1. The minimum Gasteiger partial charge on any atom is -0.0947 e. The van der Waals surface area contributed by atoms with Gasteiger partial charge in [0.25, 0.3) is 0 Å². The van der Waals surface area contributed by atoms with E-state index >= 15 is 0 Å². The smallest absolute Gasteiger partial charge is 0.0308 e. The predicted molar refractivity (Wildman–Crippen MR) is 65.2 cm³/mol. The second-order valence-corrected chi connectivity index (χ2v) is 3.99. The van der Waals surface area contributed by atoms with Crippen LogP contribution in [-0.4, -0.2) is 0 Å². The number of benzene rings is 1. The number of hydrogen-bond acceptors (Lipinski definition) is 1. The highest BCUT2D eigenvalue weighted by Gasteiger charge is 1.93. The van der Waals surface area contributed by atoms with Crippen LogP contribution in [0.5, 0.6) is 0 Å². The monoisotopic (exact) mass is 204 g/mol. The van der Waals surface area contributed by atoms with Gasteiger partial charge in [0.2, 0.25) is 0 Å². The molecule has 0 aromatic heterocycles. The summed E-state index contributed by atoms with van der Waals surface area (Å²) in [5, 5.41) is 3.00. The molecule has 0 atom stereocenters. The van der Waals surface area contributed by atoms with Gasteiger partial charge >= 0.3 is 0 Å². The summed E-state index contributed by atoms with van der Waals surface area (Å²) in [6.45, 7) is 4.08. The van der Waals surface area contributed by atoms with Crippen LogP contribution in [0.3, 0.4) is 0 Å². The second kappa shape index (κ2) is 6.56. The molecule has 0 nitrogen and oxygen atoms in total. The summed E-state index contributed by atoms with van der Waals surface area (Å²) in [5.41, 5.74) is 2.79. The lowest BCUT2D eigenvalue weighted by molar-refractivity contribution is 0.921. The van der Waals surface area contributed by atoms with Crippen LogP contribution in [-0.2, 0) is 12.2 Å². The van der Waals surface area contributed by atoms with Crippen molar-refractivity contribution in [1.29, 1.82) is 0 Å². The molecule has 1 aromatic carbocycles. The van der Waals surface area contributed by atoms with E-state index in [9.17, 15) is 0 Å². The Balaban J connectivity index is 2.49. The number of hydrogen-bond donors (Lipinski definition) is 0. The van der Waals surface area contributed by atoms with Crippen molar-refractivity contribution in [3.63, 3.8) is 0 Å². The molecule has 0 bridgehead atoms. The van der Waals surface area contributed by atoms with Crippen molar-refractivity contribution in [3.05, 3.63) is 35.4 Å². The molecule has 0 N–H and O–H groups in total. The first-order valence-electron chi connectivity index (χ1n) is 4.98. The van der Waals surface area contributed by atoms with Gasteiger partial charge < -0.3 is 0 Å². The standard InChI is InChI=1S/C13H16S/c1-3-5-12-6-8-13(9-7-12)11-14-10-4-2/h6-9H,3,5,11H2,1-2H3. The fourth-order valence-corrected chi connectivity index (χ4v) is 1.86. The van der Waals surface area contributed by atoms with Crippen molar-refractivity contribution in [2.45, 2.75) is 32.4 Å². The SMILES string of the molecule is CC#CSCc1ccc(CCC)cc1. The molecule has 0 heterocycles. The summed E-state index contributed by atoms with van der Waals surface area (Å²) >= 11 is 1.66. The predicted octanol–water partition coefficient (Wildman–Crippen LogP) is 3.85. The molecule has 1 aromatic rings. The van der Waals surface area contributed by atoms with Crippen molar-refractivity contribution in [2.24, 2.45) is 0 Å². The molecule has 74 valence electrons. The van der Waals surface area contributed by atoms with Crippen LogP contribution in [0.1, 0.15) is 31.4 Å². The van der Waals surface area contributed by atoms with Gasteiger partial charge in [0.15, 0.2) is 0 Å². The maximum Gasteiger partial charge on any atom is 0.0308 e. The molecular weight excluding hydrogens is 188 g/mol. The summed E-state index contributed by atoms with van der Waals surface area (Å²) in [6.07, 6.45) is 2.40. The molecule has 0 amide bonds. The lowest BCUT2D eigenvalue weighted by Gasteiger charge is -2.00. The third kappa shape index (κ3) is 3.89. The average Bonchev–Trinajstić information content (AvgIpc) is 2.21. The van der Waals surface area contributed by atoms with Crippen LogP contribution in [0, 0.1) is 11.2 Å². The molecular formula is C13H16S. The largest absolute Gasteiger partial charge is 0.0947 e. The van der Waals surface area contributed by atoms with E-state index in [1.165, 1.54) is 24.0 Å². The first kappa shape index (κ1) is 11.2. The van der Waals surface area contributed by atoms with Crippen molar-refractivity contribution in [2.75, 3.05) is 0 Å². The number of thioether (sulfide) groups is 1. The third-order valence-electron chi connectivity index (χ3n) is 1.97. The van der Waals surface area contributed by atoms with Gasteiger partial charge in [-0.3, -0.25) is 0 Å². The van der Waals surface area contributed by atoms with E-state index in [2.05, 4.69) is 42.4 Å². The van der Waals surface area contributed by atoms with Gasteiger partial charge in [-0.15, -0.1) is 0 Å². The summed E-state index contributed by atoms with van der Waals surface area (Å²) in [7, 11) is 0. The molecule has 0 radical (unpaired) electrons. The number of rotatable bonds is 4. The average molecular weight is 204 g/mol. The lowest BCUT2D eigenvalue weighted by Crippen LogP contribution is -1.84. The van der Waals surface area contributed by atoms with E-state index in [0.29, 0.717) is 0 Å². The van der Waals surface area contributed by atoms with Gasteiger partial charge in [-0.1, -0.05) is 55.3 Å². The summed E-state index contributed by atoms with van der Waals surface area (Å²) in [5.74, 6) is 3.88. The summed E-state index contributed by atoms with van der Waals surface area (Å²) in [6, 6.07) is 8.85. The Morgan fingerprint density at radius 2 is 1.79 bits per heavy atom. The quantitative estimate of drug-likeness (QED) is 0.671. The summed E-state index contributed by atoms with van der Waals surface area (Å²) < 4.78 is 0. The van der Waals surface area contributed by atoms with Crippen LogP contribution >= 0.6 is 11.8 Å². The van der Waals surface area contributed by atoms with Crippen LogP contribution in [0.15, 0.2) is 24.3 Å². The zero-order chi connectivity index (χ0) is 10.2. The zero-order valence-electron chi connectivity index (χ0n) is 8.84. The number of aryl methyl sites for hydroxylation is 1. The first-order valence-corrected chi connectivity index (χ1v) is 5.96. The van der Waals surface area contributed by atoms with Crippen molar-refractivity contribution in [1.82, 2.24) is 0 Å². The highest BCUT2D eigenvalue weighted by Crippen LogP contribution is 2.12. The van der Waals surface area contributed by atoms with Crippen molar-refractivity contribution >= 4 is 11.8 Å². The van der Waals surface area contributed by atoms with Gasteiger partial charge in [-0.25, -0.2) is 0 Å². The van der Waals surface area contributed by atoms with Crippen molar-refractivity contribution < 1.29 is 0 Å². The minimum absolute atomic E-state index is 0.993. The van der Waals surface area contributed by atoms with Crippen LogP contribution in [0.4, 0.5) is 0 Å². The fourth-order valence-electron chi connectivity index (χ4n) is 1.28. The topological polar surface area (TPSA) is 0 Å². The summed E-state index contributed by atoms with van der Waals surface area (Å²) in [4.78, 5) is 0. The molecule has 0 spiro atoms. The van der Waals surface area contributed by atoms with E-state index in [1.807, 2.05) is 6.92 Å². The van der Waals surface area contributed by atoms with Gasteiger partial charge in [0.05, 0.1) is 0 Å². The Bertz CT molecular complexity index is 313. The molecule has 0 aliphatic heterocycles. The molecule has 0 saturated carbocycles. The maximum absolute atomic E-state index is 3.00. The second-order valence-electron chi connectivity index (χ2n) is 3.21. The van der Waals surface area contributed by atoms with Gasteiger partial charge in [-0.2, -0.15) is 0 Å². The van der Waals surface area contributed by atoms with E-state index in [1.54, 1.807) is 11.8 Å². The highest BCUT2D eigenvalue weighted by atomic mass is 32.2. The molecule has 14 heavy (non-hydrogen) atoms. The van der Waals surface area contributed by atoms with E-state index in [-0.39, 0.29) is 0 Å². The Hall–Kier alpha value is -0.870. The Labute approximate surface area is 91.1 Å². The molecule has 1 heteroatoms. The third-order valence-corrected chi connectivity index (χ3v) is 2.80. The van der Waals surface area contributed by atoms with Crippen LogP contribution in [0.2, 0.25) is 0 Å². The molecule has 1 rings (SSSR count). The van der Waals surface area contributed by atoms with Gasteiger partial charge in [0.1, 0.15) is 0 Å². The zero-order valence-corrected chi connectivity index (χ0v) is 9.66. The molecule has 0 saturated heterocycles. The Morgan fingerprint density at radius 3 is 2.36 bits per heavy atom. The maximum atomic E-state index is 3.00. The Morgan fingerprint density at radius 1 is 1.14 bits per heavy atom. The van der Waals surface area contributed by atoms with E-state index in [0.717, 1.165) is 5.75 Å². The Kier molecular flexibility index (Phi) is 5.25. The van der Waals surface area contributed by atoms with E-state index in [4.69, 9.17) is 0 Å². The van der Waals surface area contributed by atoms with Crippen LogP contribution in [0.25, 0.3) is 0 Å². The molecule has 0 aliphatic rings. The molecule has 0 aliphatic carbocycles. The first-order chi connectivity index (χ1) is 6.86.